The van der Waals surface area contributed by atoms with Crippen molar-refractivity contribution in [3.63, 3.8) is 0 Å². The Morgan fingerprint density at radius 3 is 0.897 bits per heavy atom. The molecule has 0 radical (unpaired) electrons. The van der Waals surface area contributed by atoms with Crippen LogP contribution in [0.4, 0.5) is 0 Å². The van der Waals surface area contributed by atoms with E-state index in [1.165, 1.54) is 128 Å². The van der Waals surface area contributed by atoms with Crippen LogP contribution in [0.3, 0.4) is 0 Å². The zero-order valence-corrected chi connectivity index (χ0v) is 50.6. The quantitative estimate of drug-likeness (QED) is 0.0420. The average molecular weight is 1070 g/mol. The Bertz CT molecular complexity index is 1690. The largest absolute Gasteiger partial charge is 0.394 e. The molecule has 0 aliphatic carbocycles. The SMILES string of the molecule is CC/C=C\C/C=C\C/C=C\C/C=C\C/C=C\C/C=C\C/C=C\C/C=C\C/C=C\C/C=C\C/C=C\CCCCCCCCCC(=O)NC(CO)C(O)/C=C/CC/C=C/CC/C=C/CCCCCCCCCCCCCCCCC. The topological polar surface area (TPSA) is 69.6 Å². The summed E-state index contributed by atoms with van der Waals surface area (Å²) in [5, 5.41) is 23.2. The van der Waals surface area contributed by atoms with Crippen LogP contribution in [-0.4, -0.2) is 34.9 Å². The van der Waals surface area contributed by atoms with Crippen molar-refractivity contribution in [1.29, 1.82) is 0 Å². The third-order valence-corrected chi connectivity index (χ3v) is 13.7. The van der Waals surface area contributed by atoms with Crippen molar-refractivity contribution >= 4 is 5.91 Å². The molecule has 0 bridgehead atoms. The number of aliphatic hydroxyl groups excluding tert-OH is 2. The van der Waals surface area contributed by atoms with Crippen molar-refractivity contribution in [2.45, 2.75) is 283 Å². The molecule has 2 atom stereocenters. The monoisotopic (exact) mass is 1070 g/mol. The first-order valence-electron chi connectivity index (χ1n) is 32.3. The van der Waals surface area contributed by atoms with E-state index in [1.807, 2.05) is 6.08 Å². The minimum Gasteiger partial charge on any atom is -0.394 e. The summed E-state index contributed by atoms with van der Waals surface area (Å²) < 4.78 is 0. The number of nitrogens with one attached hydrogen (secondary N) is 1. The summed E-state index contributed by atoms with van der Waals surface area (Å²) >= 11 is 0. The van der Waals surface area contributed by atoms with E-state index in [-0.39, 0.29) is 12.5 Å². The van der Waals surface area contributed by atoms with Gasteiger partial charge in [-0.15, -0.1) is 0 Å². The fourth-order valence-corrected chi connectivity index (χ4v) is 8.80. The first-order valence-corrected chi connectivity index (χ1v) is 32.3. The number of carbonyl (C=O) groups is 1. The summed E-state index contributed by atoms with van der Waals surface area (Å²) in [6.07, 6.45) is 108. The molecule has 0 aromatic rings. The predicted octanol–water partition coefficient (Wildman–Crippen LogP) is 22.3. The molecule has 0 aromatic heterocycles. The third kappa shape index (κ3) is 62.6. The molecule has 1 amide bonds. The number of aliphatic hydroxyl groups is 2. The maximum absolute atomic E-state index is 12.5. The highest BCUT2D eigenvalue weighted by molar-refractivity contribution is 5.76. The Morgan fingerprint density at radius 1 is 0.321 bits per heavy atom. The number of allylic oxidation sites excluding steroid dienone is 27. The van der Waals surface area contributed by atoms with Gasteiger partial charge in [0.15, 0.2) is 0 Å². The standard InChI is InChI=1S/C74H121NO3/c1-3-5-7-9-11-13-15-17-19-21-23-25-27-29-30-31-32-33-34-35-36-37-38-39-40-41-42-43-44-46-48-50-52-54-56-58-60-62-64-66-68-70-74(78)75-72(71-76)73(77)69-67-65-63-61-59-57-55-53-51-49-47-45-28-26-24-22-20-18-16-14-12-10-8-6-4-2/h5,7,11,13,17,19,23,25,29-30,32-33,35-36,38-39,41-42,44,46,50-53,59,61,67,69,72-73,76-77H,3-4,6,8-10,12,14-16,18,20-22,24,26-28,31,34,37,40,43,45,47-49,54-58,60,62-66,68,70-71H2,1-2H3,(H,75,78)/b7-5-,13-11-,19-17-,25-23-,30-29-,33-32-,36-35-,39-38-,42-41-,46-44-,52-50-,53-51+,61-59+,69-67+. The van der Waals surface area contributed by atoms with E-state index in [0.29, 0.717) is 6.42 Å². The van der Waals surface area contributed by atoms with Crippen molar-refractivity contribution in [3.8, 4) is 0 Å². The molecule has 3 N–H and O–H groups in total. The zero-order valence-electron chi connectivity index (χ0n) is 50.6. The van der Waals surface area contributed by atoms with Gasteiger partial charge >= 0.3 is 0 Å². The second kappa shape index (κ2) is 67.0. The van der Waals surface area contributed by atoms with Crippen molar-refractivity contribution in [2.24, 2.45) is 0 Å². The molecule has 0 aromatic carbocycles. The number of amides is 1. The lowest BCUT2D eigenvalue weighted by molar-refractivity contribution is -0.123. The minimum absolute atomic E-state index is 0.0948. The first-order chi connectivity index (χ1) is 38.7. The second-order valence-corrected chi connectivity index (χ2v) is 21.1. The lowest BCUT2D eigenvalue weighted by Crippen LogP contribution is -2.45. The van der Waals surface area contributed by atoms with Crippen LogP contribution in [-0.2, 0) is 4.79 Å². The maximum atomic E-state index is 12.5. The number of rotatable bonds is 57. The van der Waals surface area contributed by atoms with Crippen molar-refractivity contribution in [2.75, 3.05) is 6.61 Å². The summed E-state index contributed by atoms with van der Waals surface area (Å²) in [5.74, 6) is -0.0948. The summed E-state index contributed by atoms with van der Waals surface area (Å²) in [4.78, 5) is 12.5. The summed E-state index contributed by atoms with van der Waals surface area (Å²) in [7, 11) is 0. The van der Waals surface area contributed by atoms with E-state index >= 15 is 0 Å². The van der Waals surface area contributed by atoms with Crippen molar-refractivity contribution < 1.29 is 15.0 Å². The van der Waals surface area contributed by atoms with Gasteiger partial charge in [-0.3, -0.25) is 4.79 Å². The van der Waals surface area contributed by atoms with E-state index in [0.717, 1.165) is 122 Å². The van der Waals surface area contributed by atoms with Crippen LogP contribution in [0.15, 0.2) is 170 Å². The van der Waals surface area contributed by atoms with Gasteiger partial charge in [0.05, 0.1) is 18.8 Å². The smallest absolute Gasteiger partial charge is 0.220 e. The Balaban J connectivity index is 3.68. The van der Waals surface area contributed by atoms with Crippen LogP contribution in [0.5, 0.6) is 0 Å². The number of carbonyl (C=O) groups excluding carboxylic acids is 1. The van der Waals surface area contributed by atoms with E-state index < -0.39 is 12.1 Å². The van der Waals surface area contributed by atoms with Gasteiger partial charge < -0.3 is 15.5 Å². The van der Waals surface area contributed by atoms with Gasteiger partial charge in [0, 0.05) is 6.42 Å². The Labute approximate surface area is 483 Å². The van der Waals surface area contributed by atoms with E-state index in [4.69, 9.17) is 0 Å². The number of hydrogen-bond donors (Lipinski definition) is 3. The molecule has 0 aliphatic heterocycles. The van der Waals surface area contributed by atoms with Gasteiger partial charge in [0.2, 0.25) is 5.91 Å². The molecule has 0 spiro atoms. The second-order valence-electron chi connectivity index (χ2n) is 21.1. The molecule has 2 unspecified atom stereocenters. The van der Waals surface area contributed by atoms with Crippen molar-refractivity contribution in [3.05, 3.63) is 170 Å². The molecule has 0 aliphatic rings. The molecule has 4 nitrogen and oxygen atoms in total. The van der Waals surface area contributed by atoms with Crippen LogP contribution >= 0.6 is 0 Å². The van der Waals surface area contributed by atoms with Crippen LogP contribution in [0.2, 0.25) is 0 Å². The Morgan fingerprint density at radius 2 is 0.577 bits per heavy atom. The van der Waals surface area contributed by atoms with Crippen LogP contribution in [0.25, 0.3) is 0 Å². The van der Waals surface area contributed by atoms with Gasteiger partial charge in [-0.05, 0) is 128 Å². The summed E-state index contributed by atoms with van der Waals surface area (Å²) in [5.41, 5.74) is 0. The van der Waals surface area contributed by atoms with E-state index in [1.54, 1.807) is 6.08 Å². The Hall–Kier alpha value is -4.25. The highest BCUT2D eigenvalue weighted by atomic mass is 16.3. The molecule has 0 heterocycles. The molecular formula is C74H121NO3. The fraction of sp³-hybridized carbons (Fsp3) is 0.608. The number of unbranched alkanes of at least 4 members (excludes halogenated alkanes) is 24. The van der Waals surface area contributed by atoms with Gasteiger partial charge in [0.25, 0.3) is 0 Å². The van der Waals surface area contributed by atoms with E-state index in [9.17, 15) is 15.0 Å². The van der Waals surface area contributed by atoms with Gasteiger partial charge in [0.1, 0.15) is 0 Å². The van der Waals surface area contributed by atoms with Crippen molar-refractivity contribution in [1.82, 2.24) is 5.32 Å². The van der Waals surface area contributed by atoms with Gasteiger partial charge in [-0.2, -0.15) is 0 Å². The fourth-order valence-electron chi connectivity index (χ4n) is 8.80. The summed E-state index contributed by atoms with van der Waals surface area (Å²) in [6.45, 7) is 4.18. The van der Waals surface area contributed by atoms with Crippen LogP contribution < -0.4 is 5.32 Å². The minimum atomic E-state index is -0.889. The molecule has 4 heteroatoms. The molecular weight excluding hydrogens is 951 g/mol. The Kier molecular flexibility index (Phi) is 63.4. The summed E-state index contributed by atoms with van der Waals surface area (Å²) in [6, 6.07) is -0.666. The maximum Gasteiger partial charge on any atom is 0.220 e. The normalized spacial score (nSPS) is 13.9. The molecule has 0 fully saturated rings. The lowest BCUT2D eigenvalue weighted by atomic mass is 10.0. The van der Waals surface area contributed by atoms with Crippen LogP contribution in [0, 0.1) is 0 Å². The molecule has 0 saturated heterocycles. The van der Waals surface area contributed by atoms with Gasteiger partial charge in [-0.25, -0.2) is 0 Å². The van der Waals surface area contributed by atoms with Crippen LogP contribution in [0.1, 0.15) is 271 Å². The molecule has 0 rings (SSSR count). The first kappa shape index (κ1) is 73.8. The molecule has 440 valence electrons. The molecule has 78 heavy (non-hydrogen) atoms. The number of hydrogen-bond acceptors (Lipinski definition) is 3. The highest BCUT2D eigenvalue weighted by Crippen LogP contribution is 2.15. The lowest BCUT2D eigenvalue weighted by Gasteiger charge is -2.19. The average Bonchev–Trinajstić information content (AvgIpc) is 3.44. The third-order valence-electron chi connectivity index (χ3n) is 13.7. The predicted molar refractivity (Wildman–Crippen MR) is 349 cm³/mol. The highest BCUT2D eigenvalue weighted by Gasteiger charge is 2.18. The van der Waals surface area contributed by atoms with E-state index in [2.05, 4.69) is 177 Å². The zero-order chi connectivity index (χ0) is 56.2. The molecule has 0 saturated carbocycles. The van der Waals surface area contributed by atoms with Gasteiger partial charge in [-0.1, -0.05) is 306 Å².